The first-order valence-corrected chi connectivity index (χ1v) is 23.4. The fourth-order valence-electron chi connectivity index (χ4n) is 9.70. The van der Waals surface area contributed by atoms with Crippen LogP contribution in [0.4, 0.5) is 14.4 Å². The minimum absolute atomic E-state index is 0.0318. The number of fused-ring (bicyclic) bond motifs is 1. The van der Waals surface area contributed by atoms with Crippen molar-refractivity contribution in [1.82, 2.24) is 34.8 Å². The third-order valence-electron chi connectivity index (χ3n) is 13.1. The second-order valence-corrected chi connectivity index (χ2v) is 18.3. The summed E-state index contributed by atoms with van der Waals surface area (Å²) in [5.74, 6) is -3.26. The number of Topliss-reactive ketones (excluding diaryl/α,β-unsaturated/α-hetero) is 1. The highest BCUT2D eigenvalue weighted by Crippen LogP contribution is 2.41. The number of carbonyl (C=O) groups is 3. The zero-order valence-electron chi connectivity index (χ0n) is 38.9. The lowest BCUT2D eigenvalue weighted by atomic mass is 9.78. The molecule has 1 amide bonds. The molecule has 19 heteroatoms. The van der Waals surface area contributed by atoms with Crippen molar-refractivity contribution in [3.05, 3.63) is 49.2 Å². The largest absolute Gasteiger partial charge is 0.458 e. The van der Waals surface area contributed by atoms with Gasteiger partial charge in [0.05, 0.1) is 42.4 Å². The number of aromatic nitrogens is 5. The summed E-state index contributed by atoms with van der Waals surface area (Å²) in [7, 11) is 1.58. The van der Waals surface area contributed by atoms with E-state index in [1.54, 1.807) is 42.3 Å². The highest BCUT2D eigenvalue weighted by molar-refractivity contribution is 7.93. The number of halogens is 1. The molecule has 1 aromatic carbocycles. The quantitative estimate of drug-likeness (QED) is 0.0870. The molecule has 0 spiro atoms. The molecule has 3 fully saturated rings. The van der Waals surface area contributed by atoms with Gasteiger partial charge < -0.3 is 44.4 Å². The lowest BCUT2D eigenvalue weighted by Crippen LogP contribution is -2.61. The Kier molecular flexibility index (Phi) is 17.8. The van der Waals surface area contributed by atoms with E-state index in [0.717, 1.165) is 11.3 Å². The summed E-state index contributed by atoms with van der Waals surface area (Å²) in [5.41, 5.74) is 5.90. The molecule has 3 aliphatic rings. The standard InChI is InChI=1S/C44H66N8O9.CH3FS/c1-10-35-44(8)38(52(42(56)61-44)18-12-11-17-51-24-33(48-49-51)31-14-13-15-32(45)21-31)30(6)47-23-26(2)22-43(7,57-9)39(28(4)36(53)29(5)40(55)59-35)60-41-37(54)34(20-27(3)58-41)50-19-16-46-25-50;1-3-2/h13-16,19,21,24-30,34-35,37-39,41,47,54H,10-12,17-18,20,22-23,45H2,1-9H3;1H3/t26-,27?,28+,29-,30-,34?,35-,37?,38-,39-,41+,43-,44-;/m1./s1. The third-order valence-corrected chi connectivity index (χ3v) is 13.1. The van der Waals surface area contributed by atoms with Crippen molar-refractivity contribution < 1.29 is 47.1 Å². The number of nitrogens with two attached hydrogens (primary N) is 1. The number of hydrogen-bond acceptors (Lipinski definition) is 15. The minimum Gasteiger partial charge on any atom is -0.458 e. The summed E-state index contributed by atoms with van der Waals surface area (Å²) in [4.78, 5) is 48.3. The van der Waals surface area contributed by atoms with Gasteiger partial charge in [-0.3, -0.25) is 19.2 Å². The number of cyclic esters (lactones) is 1. The Morgan fingerprint density at radius 2 is 1.83 bits per heavy atom. The molecule has 3 aromatic rings. The van der Waals surface area contributed by atoms with Gasteiger partial charge in [-0.2, -0.15) is 3.89 Å². The molecule has 4 N–H and O–H groups in total. The monoisotopic (exact) mass is 916 g/mol. The first-order chi connectivity index (χ1) is 30.4. The number of nitrogens with one attached hydrogen (secondary N) is 1. The lowest BCUT2D eigenvalue weighted by molar-refractivity contribution is -0.294. The maximum Gasteiger partial charge on any atom is 0.410 e. The van der Waals surface area contributed by atoms with Gasteiger partial charge in [-0.1, -0.05) is 38.1 Å². The van der Waals surface area contributed by atoms with Gasteiger partial charge in [-0.15, -0.1) is 5.10 Å². The number of aliphatic hydroxyl groups is 1. The number of aryl methyl sites for hydroxylation is 1. The van der Waals surface area contributed by atoms with Crippen LogP contribution in [0.3, 0.4) is 0 Å². The van der Waals surface area contributed by atoms with Crippen LogP contribution in [0.2, 0.25) is 0 Å². The van der Waals surface area contributed by atoms with Crippen LogP contribution in [0.1, 0.15) is 93.5 Å². The van der Waals surface area contributed by atoms with Crippen molar-refractivity contribution in [2.75, 3.05) is 32.2 Å². The normalized spacial score (nSPS) is 34.2. The molecule has 17 nitrogen and oxygen atoms in total. The van der Waals surface area contributed by atoms with E-state index in [-0.39, 0.29) is 36.3 Å². The van der Waals surface area contributed by atoms with Crippen molar-refractivity contribution in [2.24, 2.45) is 17.8 Å². The van der Waals surface area contributed by atoms with E-state index in [0.29, 0.717) is 57.4 Å². The molecule has 6 rings (SSSR count). The number of imidazole rings is 1. The van der Waals surface area contributed by atoms with Crippen LogP contribution in [-0.4, -0.2) is 133 Å². The Balaban J connectivity index is 0.00000250. The summed E-state index contributed by atoms with van der Waals surface area (Å²) >= 11 is 0.250. The van der Waals surface area contributed by atoms with E-state index < -0.39 is 71.5 Å². The number of benzene rings is 1. The highest BCUT2D eigenvalue weighted by Gasteiger charge is 2.58. The Morgan fingerprint density at radius 1 is 1.11 bits per heavy atom. The summed E-state index contributed by atoms with van der Waals surface area (Å²) in [6.45, 7) is 16.3. The number of ketones is 1. The highest BCUT2D eigenvalue weighted by atomic mass is 32.2. The number of anilines is 1. The zero-order chi connectivity index (χ0) is 46.9. The molecule has 0 radical (unpaired) electrons. The van der Waals surface area contributed by atoms with Crippen LogP contribution >= 0.6 is 12.1 Å². The first-order valence-electron chi connectivity index (χ1n) is 22.3. The number of methoxy groups -OCH3 is 1. The predicted molar refractivity (Wildman–Crippen MR) is 240 cm³/mol. The number of unbranched alkanes of at least 4 members (excludes halogenated alkanes) is 1. The number of esters is 1. The lowest BCUT2D eigenvalue weighted by Gasteiger charge is -2.46. The van der Waals surface area contributed by atoms with Crippen molar-refractivity contribution in [3.8, 4) is 11.3 Å². The number of nitrogen functional groups attached to an aromatic ring is 1. The number of aliphatic hydroxyl groups excluding tert-OH is 1. The number of carbonyl (C=O) groups excluding carboxylic acids is 3. The maximum atomic E-state index is 14.4. The molecule has 356 valence electrons. The Bertz CT molecular complexity index is 1980. The summed E-state index contributed by atoms with van der Waals surface area (Å²) in [6, 6.07) is 6.28. The van der Waals surface area contributed by atoms with E-state index in [1.807, 2.05) is 69.6 Å². The predicted octanol–water partition coefficient (Wildman–Crippen LogP) is 6.03. The van der Waals surface area contributed by atoms with E-state index in [4.69, 9.17) is 29.4 Å². The first kappa shape index (κ1) is 50.9. The van der Waals surface area contributed by atoms with Gasteiger partial charge >= 0.3 is 12.1 Å². The number of ether oxygens (including phenoxy) is 5. The van der Waals surface area contributed by atoms with Gasteiger partial charge in [-0.25, -0.2) is 9.78 Å². The van der Waals surface area contributed by atoms with Crippen LogP contribution < -0.4 is 11.1 Å². The van der Waals surface area contributed by atoms with Crippen molar-refractivity contribution in [3.63, 3.8) is 0 Å². The molecule has 2 aromatic heterocycles. The van der Waals surface area contributed by atoms with Crippen LogP contribution in [-0.2, 0) is 39.8 Å². The second-order valence-electron chi connectivity index (χ2n) is 18.0. The van der Waals surface area contributed by atoms with Crippen molar-refractivity contribution in [2.45, 2.75) is 154 Å². The topological polar surface area (TPSA) is 207 Å². The summed E-state index contributed by atoms with van der Waals surface area (Å²) in [5, 5.41) is 23.9. The van der Waals surface area contributed by atoms with Gasteiger partial charge in [0.15, 0.2) is 17.7 Å². The van der Waals surface area contributed by atoms with Gasteiger partial charge in [0.2, 0.25) is 0 Å². The number of hydrogen-bond donors (Lipinski definition) is 3. The molecule has 0 aliphatic carbocycles. The molecule has 0 saturated carbocycles. The number of rotatable bonds is 11. The average molecular weight is 917 g/mol. The maximum absolute atomic E-state index is 14.4. The fraction of sp³-hybridized carbons (Fsp3) is 0.689. The van der Waals surface area contributed by atoms with Crippen LogP contribution in [0.25, 0.3) is 11.3 Å². The number of nitrogens with zero attached hydrogens (tertiary/aromatic N) is 6. The van der Waals surface area contributed by atoms with Crippen molar-refractivity contribution >= 4 is 35.7 Å². The molecule has 13 atom stereocenters. The Labute approximate surface area is 380 Å². The Morgan fingerprint density at radius 3 is 2.48 bits per heavy atom. The van der Waals surface area contributed by atoms with E-state index in [2.05, 4.69) is 27.5 Å². The van der Waals surface area contributed by atoms with E-state index in [9.17, 15) is 23.4 Å². The van der Waals surface area contributed by atoms with Gasteiger partial charge in [0, 0.05) is 74.2 Å². The number of amides is 1. The van der Waals surface area contributed by atoms with E-state index in [1.165, 1.54) is 13.2 Å². The molecule has 3 saturated heterocycles. The van der Waals surface area contributed by atoms with Gasteiger partial charge in [0.1, 0.15) is 23.8 Å². The molecule has 3 unspecified atom stereocenters. The summed E-state index contributed by atoms with van der Waals surface area (Å²) in [6.07, 6.45) is 6.27. The van der Waals surface area contributed by atoms with Crippen molar-refractivity contribution in [1.29, 1.82) is 0 Å². The van der Waals surface area contributed by atoms with Crippen LogP contribution in [0, 0.1) is 17.8 Å². The second kappa shape index (κ2) is 22.4. The Hall–Kier alpha value is -4.14. The molecular weight excluding hydrogens is 848 g/mol. The summed E-state index contributed by atoms with van der Waals surface area (Å²) < 4.78 is 45.4. The molecule has 3 aliphatic heterocycles. The SMILES string of the molecule is CC[C@H]1OC(=O)[C@H](C)C(=O)[C@H](C)[C@@H](O[C@@H]2OC(C)CC(n3ccnc3)C2O)[C@](C)(OC)C[C@@H](C)CN[C@H](C)[C@H]2N(CCCCn3cc(-c4cccc(N)c4)nn3)C(=O)O[C@]12C.CSF. The van der Waals surface area contributed by atoms with Gasteiger partial charge in [-0.05, 0) is 91.3 Å². The molecule has 64 heavy (non-hydrogen) atoms. The third kappa shape index (κ3) is 11.6. The van der Waals surface area contributed by atoms with Crippen LogP contribution in [0.15, 0.2) is 49.2 Å². The zero-order valence-corrected chi connectivity index (χ0v) is 39.7. The average Bonchev–Trinajstić information content (AvgIpc) is 4.03. The molecule has 5 heterocycles. The minimum atomic E-state index is -1.24. The van der Waals surface area contributed by atoms with Crippen LogP contribution in [0.5, 0.6) is 0 Å². The molecule has 0 bridgehead atoms. The molecular formula is C45H69FN8O9S. The smallest absolute Gasteiger partial charge is 0.410 e. The fourth-order valence-corrected chi connectivity index (χ4v) is 9.70. The van der Waals surface area contributed by atoms with E-state index >= 15 is 0 Å². The van der Waals surface area contributed by atoms with Gasteiger partial charge in [0.25, 0.3) is 0 Å².